The van der Waals surface area contributed by atoms with Crippen LogP contribution in [0.3, 0.4) is 0 Å². The highest BCUT2D eigenvalue weighted by Gasteiger charge is 2.34. The molecule has 216 valence electrons. The van der Waals surface area contributed by atoms with E-state index >= 15 is 0 Å². The van der Waals surface area contributed by atoms with E-state index < -0.39 is 0 Å². The highest BCUT2D eigenvalue weighted by molar-refractivity contribution is 6.30. The van der Waals surface area contributed by atoms with Gasteiger partial charge in [-0.1, -0.05) is 47.5 Å². The Kier molecular flexibility index (Phi) is 7.15. The molecule has 0 bridgehead atoms. The fraction of sp³-hybridized carbons (Fsp3) is 0.250. The average molecular weight is 607 g/mol. The SMILES string of the molecule is Oc1cc2c(cc1[C@H](c1ccc(Cl)cc1)N1CCN([C@@H](c3ccc(Cl)cc3)c3cc4c(cc3O)OCO4)CC1)OCO2. The van der Waals surface area contributed by atoms with Gasteiger partial charge in [0.05, 0.1) is 12.1 Å². The van der Waals surface area contributed by atoms with Gasteiger partial charge in [-0.05, 0) is 47.5 Å². The van der Waals surface area contributed by atoms with Crippen molar-refractivity contribution in [1.29, 1.82) is 0 Å². The largest absolute Gasteiger partial charge is 0.507 e. The van der Waals surface area contributed by atoms with Crippen molar-refractivity contribution in [2.75, 3.05) is 39.8 Å². The van der Waals surface area contributed by atoms with Gasteiger partial charge in [-0.25, -0.2) is 0 Å². The number of phenols is 2. The molecule has 0 unspecified atom stereocenters. The maximum Gasteiger partial charge on any atom is 0.231 e. The highest BCUT2D eigenvalue weighted by Crippen LogP contribution is 2.46. The van der Waals surface area contributed by atoms with Crippen molar-refractivity contribution in [3.63, 3.8) is 0 Å². The number of hydrogen-bond donors (Lipinski definition) is 2. The Labute approximate surface area is 253 Å². The predicted octanol–water partition coefficient (Wildman–Crippen LogP) is 6.36. The molecule has 3 aliphatic heterocycles. The first-order valence-electron chi connectivity index (χ1n) is 13.7. The summed E-state index contributed by atoms with van der Waals surface area (Å²) in [5, 5.41) is 23.5. The molecule has 0 aromatic heterocycles. The van der Waals surface area contributed by atoms with Crippen LogP contribution in [-0.2, 0) is 0 Å². The second-order valence-electron chi connectivity index (χ2n) is 10.5. The number of ether oxygens (including phenoxy) is 4. The summed E-state index contributed by atoms with van der Waals surface area (Å²) in [7, 11) is 0. The fourth-order valence-corrected chi connectivity index (χ4v) is 6.30. The molecular weight excluding hydrogens is 579 g/mol. The third-order valence-corrected chi connectivity index (χ3v) is 8.59. The molecule has 1 fully saturated rings. The van der Waals surface area contributed by atoms with Gasteiger partial charge in [-0.3, -0.25) is 9.80 Å². The van der Waals surface area contributed by atoms with Gasteiger partial charge >= 0.3 is 0 Å². The quantitative estimate of drug-likeness (QED) is 0.262. The molecule has 0 radical (unpaired) electrons. The van der Waals surface area contributed by atoms with Crippen molar-refractivity contribution >= 4 is 23.2 Å². The Bertz CT molecular complexity index is 1490. The van der Waals surface area contributed by atoms with Crippen molar-refractivity contribution in [1.82, 2.24) is 9.80 Å². The van der Waals surface area contributed by atoms with Gasteiger partial charge in [-0.15, -0.1) is 0 Å². The lowest BCUT2D eigenvalue weighted by Gasteiger charge is -2.43. The Balaban J connectivity index is 1.22. The molecule has 2 N–H and O–H groups in total. The van der Waals surface area contributed by atoms with Crippen LogP contribution in [0.15, 0.2) is 72.8 Å². The zero-order valence-corrected chi connectivity index (χ0v) is 24.0. The van der Waals surface area contributed by atoms with Crippen LogP contribution in [0.4, 0.5) is 0 Å². The molecule has 8 nitrogen and oxygen atoms in total. The maximum atomic E-state index is 11.1. The summed E-state index contributed by atoms with van der Waals surface area (Å²) in [4.78, 5) is 4.69. The standard InChI is InChI=1S/C32H28Cl2N2O6/c33-21-5-1-19(2-6-21)31(23-13-27-29(15-25(23)37)41-17-39-27)35-9-11-36(12-10-35)32(20-3-7-22(34)8-4-20)24-14-28-30(16-26(24)38)42-18-40-28/h1-8,13-16,31-32,37-38H,9-12,17-18H2/t31-,32-/m0/s1. The number of rotatable bonds is 6. The molecule has 3 heterocycles. The number of halogens is 2. The molecule has 7 rings (SSSR count). The zero-order chi connectivity index (χ0) is 28.8. The third kappa shape index (κ3) is 5.05. The van der Waals surface area contributed by atoms with Crippen LogP contribution in [0.5, 0.6) is 34.5 Å². The normalized spacial score (nSPS) is 17.8. The number of hydrogen-bond acceptors (Lipinski definition) is 8. The van der Waals surface area contributed by atoms with E-state index in [1.54, 1.807) is 12.1 Å². The smallest absolute Gasteiger partial charge is 0.231 e. The number of benzene rings is 4. The summed E-state index contributed by atoms with van der Waals surface area (Å²) < 4.78 is 22.3. The van der Waals surface area contributed by atoms with Gasteiger partial charge in [0.1, 0.15) is 11.5 Å². The first-order valence-corrected chi connectivity index (χ1v) is 14.4. The number of nitrogens with zero attached hydrogens (tertiary/aromatic N) is 2. The van der Waals surface area contributed by atoms with E-state index in [0.717, 1.165) is 22.3 Å². The number of piperazine rings is 1. The predicted molar refractivity (Wildman–Crippen MR) is 158 cm³/mol. The van der Waals surface area contributed by atoms with Gasteiger partial charge in [0.2, 0.25) is 13.6 Å². The topological polar surface area (TPSA) is 83.9 Å². The fourth-order valence-electron chi connectivity index (χ4n) is 6.05. The first kappa shape index (κ1) is 27.0. The summed E-state index contributed by atoms with van der Waals surface area (Å²) in [5.41, 5.74) is 3.48. The molecule has 42 heavy (non-hydrogen) atoms. The number of fused-ring (bicyclic) bond motifs is 2. The van der Waals surface area contributed by atoms with Gasteiger partial charge in [0.25, 0.3) is 0 Å². The molecule has 4 aromatic carbocycles. The monoisotopic (exact) mass is 606 g/mol. The van der Waals surface area contributed by atoms with Crippen molar-refractivity contribution in [3.05, 3.63) is 105 Å². The van der Waals surface area contributed by atoms with E-state index in [9.17, 15) is 10.2 Å². The summed E-state index contributed by atoms with van der Waals surface area (Å²) >= 11 is 12.5. The molecule has 0 spiro atoms. The van der Waals surface area contributed by atoms with Crippen molar-refractivity contribution < 1.29 is 29.2 Å². The molecule has 10 heteroatoms. The van der Waals surface area contributed by atoms with Gasteiger partial charge in [0.15, 0.2) is 23.0 Å². The minimum atomic E-state index is -0.244. The molecule has 2 atom stereocenters. The van der Waals surface area contributed by atoms with Crippen LogP contribution >= 0.6 is 23.2 Å². The van der Waals surface area contributed by atoms with E-state index in [0.29, 0.717) is 59.2 Å². The molecular formula is C32H28Cl2N2O6. The summed E-state index contributed by atoms with van der Waals surface area (Å²) in [6.45, 7) is 3.02. The van der Waals surface area contributed by atoms with Crippen molar-refractivity contribution in [2.45, 2.75) is 12.1 Å². The minimum absolute atomic E-state index is 0.126. The Hall–Kier alpha value is -3.82. The van der Waals surface area contributed by atoms with Gasteiger partial charge in [-0.2, -0.15) is 0 Å². The second-order valence-corrected chi connectivity index (χ2v) is 11.4. The van der Waals surface area contributed by atoms with Crippen LogP contribution in [-0.4, -0.2) is 59.8 Å². The number of aromatic hydroxyl groups is 2. The third-order valence-electron chi connectivity index (χ3n) is 8.08. The minimum Gasteiger partial charge on any atom is -0.507 e. The molecule has 1 saturated heterocycles. The highest BCUT2D eigenvalue weighted by atomic mass is 35.5. The van der Waals surface area contributed by atoms with Crippen LogP contribution in [0.25, 0.3) is 0 Å². The van der Waals surface area contributed by atoms with Crippen LogP contribution in [0, 0.1) is 0 Å². The average Bonchev–Trinajstić information content (AvgIpc) is 3.65. The summed E-state index contributed by atoms with van der Waals surface area (Å²) in [6, 6.07) is 21.9. The summed E-state index contributed by atoms with van der Waals surface area (Å²) in [5.74, 6) is 2.58. The zero-order valence-electron chi connectivity index (χ0n) is 22.5. The van der Waals surface area contributed by atoms with E-state index in [4.69, 9.17) is 42.1 Å². The number of phenolic OH excluding ortho intramolecular Hbond substituents is 2. The Morgan fingerprint density at radius 1 is 0.524 bits per heavy atom. The van der Waals surface area contributed by atoms with E-state index in [1.165, 1.54) is 0 Å². The Morgan fingerprint density at radius 2 is 0.857 bits per heavy atom. The maximum absolute atomic E-state index is 11.1. The second kappa shape index (κ2) is 11.1. The molecule has 0 saturated carbocycles. The Morgan fingerprint density at radius 3 is 1.21 bits per heavy atom. The van der Waals surface area contributed by atoms with Crippen molar-refractivity contribution in [3.8, 4) is 34.5 Å². The molecule has 0 aliphatic carbocycles. The molecule has 3 aliphatic rings. The van der Waals surface area contributed by atoms with Crippen LogP contribution < -0.4 is 18.9 Å². The lowest BCUT2D eigenvalue weighted by molar-refractivity contribution is 0.0883. The summed E-state index contributed by atoms with van der Waals surface area (Å²) in [6.07, 6.45) is 0. The van der Waals surface area contributed by atoms with E-state index in [2.05, 4.69) is 9.80 Å². The molecule has 0 amide bonds. The van der Waals surface area contributed by atoms with Crippen LogP contribution in [0.2, 0.25) is 10.0 Å². The lowest BCUT2D eigenvalue weighted by Crippen LogP contribution is -2.49. The first-order chi connectivity index (χ1) is 20.4. The van der Waals surface area contributed by atoms with Gasteiger partial charge < -0.3 is 29.2 Å². The van der Waals surface area contributed by atoms with E-state index in [-0.39, 0.29) is 37.2 Å². The van der Waals surface area contributed by atoms with E-state index in [1.807, 2.05) is 60.7 Å². The van der Waals surface area contributed by atoms with Gasteiger partial charge in [0, 0.05) is 59.5 Å². The molecule has 4 aromatic rings. The van der Waals surface area contributed by atoms with Crippen molar-refractivity contribution in [2.24, 2.45) is 0 Å². The lowest BCUT2D eigenvalue weighted by atomic mass is 9.93. The van der Waals surface area contributed by atoms with Crippen LogP contribution in [0.1, 0.15) is 34.3 Å².